The number of ether oxygens (including phenoxy) is 2. The molecule has 3 aliphatic carbocycles. The third-order valence-corrected chi connectivity index (χ3v) is 10.1. The van der Waals surface area contributed by atoms with E-state index in [1.54, 1.807) is 6.26 Å². The third kappa shape index (κ3) is 2.21. The molecule has 166 valence electrons. The third-order valence-electron chi connectivity index (χ3n) is 10.1. The standard InChI is InChI=1S/C26H32O5/c1-23(2)19-11-20(27)25(4)17-6-5-16(15-8-10-29-13-15)24(17,3)9-7-18(25)26(19)14-30-22(28)12-21(26)31-23/h6,8,10,13,16,18-19,21H,5,7,9,11-12,14H2,1-4H3/t16-,18+,19+,21+,24-,25-,26+/m0/s1. The minimum Gasteiger partial charge on any atom is -0.472 e. The fourth-order valence-corrected chi connectivity index (χ4v) is 8.75. The summed E-state index contributed by atoms with van der Waals surface area (Å²) < 4.78 is 17.7. The summed E-state index contributed by atoms with van der Waals surface area (Å²) in [5.41, 5.74) is 1.23. The second-order valence-corrected chi connectivity index (χ2v) is 11.5. The van der Waals surface area contributed by atoms with E-state index in [4.69, 9.17) is 13.9 Å². The number of furan rings is 1. The minimum atomic E-state index is -0.534. The normalized spacial score (nSPS) is 47.7. The summed E-state index contributed by atoms with van der Waals surface area (Å²) in [4.78, 5) is 26.2. The molecule has 5 heteroatoms. The summed E-state index contributed by atoms with van der Waals surface area (Å²) in [6.07, 6.45) is 9.52. The van der Waals surface area contributed by atoms with Gasteiger partial charge in [-0.25, -0.2) is 0 Å². The summed E-state index contributed by atoms with van der Waals surface area (Å²) in [7, 11) is 0. The molecule has 0 aromatic carbocycles. The van der Waals surface area contributed by atoms with Crippen LogP contribution in [0.4, 0.5) is 0 Å². The van der Waals surface area contributed by atoms with E-state index in [0.717, 1.165) is 19.3 Å². The fraction of sp³-hybridized carbons (Fsp3) is 0.692. The molecule has 1 aromatic heterocycles. The molecule has 0 N–H and O–H groups in total. The van der Waals surface area contributed by atoms with E-state index in [2.05, 4.69) is 39.8 Å². The van der Waals surface area contributed by atoms with Gasteiger partial charge in [-0.3, -0.25) is 9.59 Å². The topological polar surface area (TPSA) is 65.7 Å². The van der Waals surface area contributed by atoms with Gasteiger partial charge in [0.15, 0.2) is 0 Å². The second-order valence-electron chi connectivity index (χ2n) is 11.5. The molecular formula is C26H32O5. The van der Waals surface area contributed by atoms with Gasteiger partial charge in [0, 0.05) is 17.8 Å². The molecule has 31 heavy (non-hydrogen) atoms. The van der Waals surface area contributed by atoms with Crippen molar-refractivity contribution in [3.05, 3.63) is 35.8 Å². The maximum Gasteiger partial charge on any atom is 0.308 e. The summed E-state index contributed by atoms with van der Waals surface area (Å²) in [6, 6.07) is 2.07. The molecule has 5 nitrogen and oxygen atoms in total. The Morgan fingerprint density at radius 3 is 2.61 bits per heavy atom. The van der Waals surface area contributed by atoms with Crippen LogP contribution in [0.1, 0.15) is 71.3 Å². The van der Waals surface area contributed by atoms with Gasteiger partial charge in [-0.15, -0.1) is 0 Å². The maximum absolute atomic E-state index is 14.0. The summed E-state index contributed by atoms with van der Waals surface area (Å²) in [5, 5.41) is 0. The highest BCUT2D eigenvalue weighted by Crippen LogP contribution is 2.73. The quantitative estimate of drug-likeness (QED) is 0.478. The zero-order valence-electron chi connectivity index (χ0n) is 18.9. The van der Waals surface area contributed by atoms with Crippen LogP contribution in [0.2, 0.25) is 0 Å². The largest absolute Gasteiger partial charge is 0.472 e. The van der Waals surface area contributed by atoms with Crippen molar-refractivity contribution in [2.45, 2.75) is 77.4 Å². The first kappa shape index (κ1) is 19.8. The Hall–Kier alpha value is -1.88. The number of ketones is 1. The van der Waals surface area contributed by atoms with Gasteiger partial charge in [0.05, 0.1) is 36.1 Å². The van der Waals surface area contributed by atoms with Gasteiger partial charge >= 0.3 is 5.97 Å². The Balaban J connectivity index is 1.47. The van der Waals surface area contributed by atoms with E-state index >= 15 is 0 Å². The summed E-state index contributed by atoms with van der Waals surface area (Å²) in [6.45, 7) is 9.09. The average molecular weight is 425 g/mol. The fourth-order valence-electron chi connectivity index (χ4n) is 8.75. The molecule has 0 radical (unpaired) electrons. The predicted octanol–water partition coefficient (Wildman–Crippen LogP) is 4.82. The highest BCUT2D eigenvalue weighted by Gasteiger charge is 2.74. The molecule has 7 atom stereocenters. The van der Waals surface area contributed by atoms with Gasteiger partial charge in [-0.05, 0) is 68.9 Å². The molecule has 2 saturated carbocycles. The molecular weight excluding hydrogens is 392 g/mol. The minimum absolute atomic E-state index is 0.0515. The first-order valence-electron chi connectivity index (χ1n) is 11.7. The number of rotatable bonds is 1. The lowest BCUT2D eigenvalue weighted by Crippen LogP contribution is -2.65. The van der Waals surface area contributed by atoms with E-state index in [1.807, 2.05) is 6.26 Å². The van der Waals surface area contributed by atoms with Crippen LogP contribution in [0.3, 0.4) is 0 Å². The summed E-state index contributed by atoms with van der Waals surface area (Å²) >= 11 is 0. The monoisotopic (exact) mass is 424 g/mol. The lowest BCUT2D eigenvalue weighted by Gasteiger charge is -2.62. The SMILES string of the molecule is CC1(C)O[C@@H]2CC(=O)OC[C@@]23[C@@H]1CC(=O)[C@@]1(C)C2=CC[C@@H](c4ccoc4)[C@]2(C)CC[C@H]13. The van der Waals surface area contributed by atoms with E-state index in [-0.39, 0.29) is 34.7 Å². The zero-order chi connectivity index (χ0) is 21.8. The van der Waals surface area contributed by atoms with Crippen LogP contribution in [-0.2, 0) is 19.1 Å². The molecule has 0 unspecified atom stereocenters. The number of fused-ring (bicyclic) bond motifs is 3. The number of esters is 1. The average Bonchev–Trinajstić information content (AvgIpc) is 3.38. The van der Waals surface area contributed by atoms with Gasteiger partial charge in [-0.1, -0.05) is 18.6 Å². The number of hydrogen-bond donors (Lipinski definition) is 0. The number of hydrogen-bond acceptors (Lipinski definition) is 5. The van der Waals surface area contributed by atoms with Crippen molar-refractivity contribution in [2.24, 2.45) is 28.1 Å². The van der Waals surface area contributed by atoms with Crippen molar-refractivity contribution in [1.29, 1.82) is 0 Å². The van der Waals surface area contributed by atoms with Gasteiger partial charge in [0.25, 0.3) is 0 Å². The van der Waals surface area contributed by atoms with Gasteiger partial charge in [-0.2, -0.15) is 0 Å². The number of Topliss-reactive ketones (excluding diaryl/α,β-unsaturated/α-hetero) is 1. The van der Waals surface area contributed by atoms with Crippen molar-refractivity contribution in [3.8, 4) is 0 Å². The van der Waals surface area contributed by atoms with Crippen molar-refractivity contribution in [3.63, 3.8) is 0 Å². The number of carbonyl (C=O) groups excluding carboxylic acids is 2. The zero-order valence-corrected chi connectivity index (χ0v) is 18.9. The number of allylic oxidation sites excluding steroid dienone is 2. The highest BCUT2D eigenvalue weighted by atomic mass is 16.6. The highest BCUT2D eigenvalue weighted by molar-refractivity contribution is 5.91. The molecule has 5 aliphatic rings. The van der Waals surface area contributed by atoms with Crippen LogP contribution >= 0.6 is 0 Å². The maximum atomic E-state index is 14.0. The van der Waals surface area contributed by atoms with Crippen LogP contribution in [0.15, 0.2) is 34.7 Å². The molecule has 2 aliphatic heterocycles. The van der Waals surface area contributed by atoms with Crippen LogP contribution in [-0.4, -0.2) is 30.1 Å². The predicted molar refractivity (Wildman–Crippen MR) is 113 cm³/mol. The summed E-state index contributed by atoms with van der Waals surface area (Å²) in [5.74, 6) is 0.727. The van der Waals surface area contributed by atoms with Crippen molar-refractivity contribution in [1.82, 2.24) is 0 Å². The molecule has 3 heterocycles. The lowest BCUT2D eigenvalue weighted by atomic mass is 9.40. The van der Waals surface area contributed by atoms with Crippen molar-refractivity contribution < 1.29 is 23.5 Å². The van der Waals surface area contributed by atoms with E-state index < -0.39 is 11.0 Å². The molecule has 1 aromatic rings. The first-order chi connectivity index (χ1) is 14.6. The van der Waals surface area contributed by atoms with E-state index in [0.29, 0.717) is 31.1 Å². The molecule has 2 saturated heterocycles. The van der Waals surface area contributed by atoms with Crippen LogP contribution in [0.25, 0.3) is 0 Å². The Morgan fingerprint density at radius 2 is 1.87 bits per heavy atom. The Morgan fingerprint density at radius 1 is 1.06 bits per heavy atom. The molecule has 0 bridgehead atoms. The van der Waals surface area contributed by atoms with E-state index in [1.165, 1.54) is 11.1 Å². The molecule has 1 spiro atoms. The molecule has 0 amide bonds. The van der Waals surface area contributed by atoms with Gasteiger partial charge in [0.2, 0.25) is 0 Å². The Kier molecular flexibility index (Phi) is 3.78. The number of cyclic esters (lactones) is 1. The Bertz CT molecular complexity index is 989. The smallest absolute Gasteiger partial charge is 0.308 e. The molecule has 4 fully saturated rings. The van der Waals surface area contributed by atoms with Gasteiger partial charge in [0.1, 0.15) is 12.4 Å². The van der Waals surface area contributed by atoms with Crippen molar-refractivity contribution in [2.75, 3.05) is 6.61 Å². The Labute approximate surface area is 183 Å². The van der Waals surface area contributed by atoms with Crippen molar-refractivity contribution >= 4 is 11.8 Å². The van der Waals surface area contributed by atoms with Gasteiger partial charge < -0.3 is 13.9 Å². The molecule has 6 rings (SSSR count). The van der Waals surface area contributed by atoms with Crippen LogP contribution in [0.5, 0.6) is 0 Å². The van der Waals surface area contributed by atoms with E-state index in [9.17, 15) is 9.59 Å². The lowest BCUT2D eigenvalue weighted by molar-refractivity contribution is -0.186. The second kappa shape index (κ2) is 5.92. The van der Waals surface area contributed by atoms with Crippen LogP contribution < -0.4 is 0 Å². The number of carbonyl (C=O) groups is 2. The first-order valence-corrected chi connectivity index (χ1v) is 11.7. The van der Waals surface area contributed by atoms with Crippen LogP contribution in [0, 0.1) is 28.1 Å².